The summed E-state index contributed by atoms with van der Waals surface area (Å²) in [6.07, 6.45) is 3.63. The van der Waals surface area contributed by atoms with Crippen LogP contribution in [0.1, 0.15) is 29.6 Å². The molecule has 0 radical (unpaired) electrons. The summed E-state index contributed by atoms with van der Waals surface area (Å²) in [7, 11) is 0. The number of aromatic nitrogens is 2. The Morgan fingerprint density at radius 1 is 1.28 bits per heavy atom. The van der Waals surface area contributed by atoms with Gasteiger partial charge in [-0.05, 0) is 25.0 Å². The third-order valence-electron chi connectivity index (χ3n) is 4.16. The molecular weight excluding hydrogens is 320 g/mol. The summed E-state index contributed by atoms with van der Waals surface area (Å²) in [6, 6.07) is 8.38. The second-order valence-corrected chi connectivity index (χ2v) is 5.97. The van der Waals surface area contributed by atoms with Crippen molar-refractivity contribution in [2.45, 2.75) is 19.3 Å². The maximum absolute atomic E-state index is 12.3. The van der Waals surface area contributed by atoms with Crippen LogP contribution in [0.25, 0.3) is 11.3 Å². The van der Waals surface area contributed by atoms with Gasteiger partial charge in [-0.3, -0.25) is 14.4 Å². The number of carbonyl (C=O) groups excluding carboxylic acids is 2. The summed E-state index contributed by atoms with van der Waals surface area (Å²) < 4.78 is 0. The lowest BCUT2D eigenvalue weighted by atomic mass is 10.1. The van der Waals surface area contributed by atoms with Gasteiger partial charge in [-0.2, -0.15) is 0 Å². The molecule has 0 unspecified atom stereocenters. The Hall–Kier alpha value is -2.96. The minimum Gasteiger partial charge on any atom is -0.352 e. The van der Waals surface area contributed by atoms with Gasteiger partial charge in [0.15, 0.2) is 0 Å². The molecule has 2 aromatic rings. The van der Waals surface area contributed by atoms with E-state index in [2.05, 4.69) is 15.3 Å². The Kier molecular flexibility index (Phi) is 5.23. The van der Waals surface area contributed by atoms with E-state index in [0.717, 1.165) is 19.4 Å². The highest BCUT2D eigenvalue weighted by atomic mass is 16.2. The summed E-state index contributed by atoms with van der Waals surface area (Å²) >= 11 is 0. The summed E-state index contributed by atoms with van der Waals surface area (Å²) in [5.74, 6) is 0.0174. The number of likely N-dealkylation sites (tertiary alicyclic amines) is 1. The lowest BCUT2D eigenvalue weighted by Crippen LogP contribution is -2.30. The summed E-state index contributed by atoms with van der Waals surface area (Å²) in [5.41, 5.74) is 1.50. The molecule has 0 saturated carbocycles. The Morgan fingerprint density at radius 2 is 2.16 bits per heavy atom. The van der Waals surface area contributed by atoms with Crippen molar-refractivity contribution in [1.82, 2.24) is 20.2 Å². The van der Waals surface area contributed by atoms with Gasteiger partial charge in [-0.25, -0.2) is 4.98 Å². The van der Waals surface area contributed by atoms with Crippen LogP contribution in [0, 0.1) is 0 Å². The molecule has 2 heterocycles. The molecule has 0 aliphatic carbocycles. The average Bonchev–Trinajstić information content (AvgIpc) is 3.03. The van der Waals surface area contributed by atoms with Crippen molar-refractivity contribution in [2.75, 3.05) is 19.6 Å². The van der Waals surface area contributed by atoms with Gasteiger partial charge in [0, 0.05) is 43.2 Å². The van der Waals surface area contributed by atoms with Crippen LogP contribution in [-0.4, -0.2) is 46.3 Å². The van der Waals surface area contributed by atoms with Crippen molar-refractivity contribution < 1.29 is 9.59 Å². The molecular formula is C18H20N4O3. The van der Waals surface area contributed by atoms with E-state index < -0.39 is 0 Å². The number of carbonyl (C=O) groups is 2. The van der Waals surface area contributed by atoms with Gasteiger partial charge >= 0.3 is 0 Å². The molecule has 1 aromatic heterocycles. The highest BCUT2D eigenvalue weighted by molar-refractivity contribution is 5.95. The van der Waals surface area contributed by atoms with Crippen molar-refractivity contribution in [3.8, 4) is 11.3 Å². The molecule has 1 aliphatic rings. The Labute approximate surface area is 145 Å². The Balaban J connectivity index is 1.56. The number of benzene rings is 1. The second-order valence-electron chi connectivity index (χ2n) is 5.97. The monoisotopic (exact) mass is 340 g/mol. The van der Waals surface area contributed by atoms with Gasteiger partial charge < -0.3 is 15.2 Å². The molecule has 1 saturated heterocycles. The first-order chi connectivity index (χ1) is 12.1. The number of nitrogens with zero attached hydrogens (tertiary/aromatic N) is 2. The van der Waals surface area contributed by atoms with E-state index >= 15 is 0 Å². The van der Waals surface area contributed by atoms with E-state index in [1.165, 1.54) is 12.4 Å². The highest BCUT2D eigenvalue weighted by Gasteiger charge is 2.19. The van der Waals surface area contributed by atoms with Crippen LogP contribution in [-0.2, 0) is 4.79 Å². The van der Waals surface area contributed by atoms with Crippen molar-refractivity contribution in [3.05, 3.63) is 52.6 Å². The van der Waals surface area contributed by atoms with E-state index in [-0.39, 0.29) is 17.4 Å². The van der Waals surface area contributed by atoms with Gasteiger partial charge in [-0.1, -0.05) is 12.1 Å². The number of hydrogen-bond donors (Lipinski definition) is 2. The zero-order valence-electron chi connectivity index (χ0n) is 13.8. The fourth-order valence-electron chi connectivity index (χ4n) is 2.86. The number of amides is 2. The molecule has 3 rings (SSSR count). The molecule has 1 aliphatic heterocycles. The first kappa shape index (κ1) is 16.9. The van der Waals surface area contributed by atoms with E-state index in [4.69, 9.17) is 0 Å². The van der Waals surface area contributed by atoms with Gasteiger partial charge in [0.05, 0.1) is 12.0 Å². The standard InChI is InChI=1S/C18H20N4O3/c23-16-11-15(20-12-21-16)13-4-1-5-14(10-13)18(25)19-7-3-9-22-8-2-6-17(22)24/h1,4-5,10-12H,2-3,6-9H2,(H,19,25)(H,20,21,23). The summed E-state index contributed by atoms with van der Waals surface area (Å²) in [5, 5.41) is 2.86. The minimum atomic E-state index is -0.240. The zero-order valence-corrected chi connectivity index (χ0v) is 13.8. The molecule has 0 spiro atoms. The second kappa shape index (κ2) is 7.74. The molecule has 2 amide bonds. The highest BCUT2D eigenvalue weighted by Crippen LogP contribution is 2.16. The molecule has 1 fully saturated rings. The summed E-state index contributed by atoms with van der Waals surface area (Å²) in [6.45, 7) is 2.00. The Bertz CT molecular complexity index is 831. The first-order valence-corrected chi connectivity index (χ1v) is 8.34. The smallest absolute Gasteiger partial charge is 0.251 e. The molecule has 25 heavy (non-hydrogen) atoms. The van der Waals surface area contributed by atoms with Crippen molar-refractivity contribution >= 4 is 11.8 Å². The van der Waals surface area contributed by atoms with Crippen LogP contribution in [0.2, 0.25) is 0 Å². The first-order valence-electron chi connectivity index (χ1n) is 8.34. The van der Waals surface area contributed by atoms with Crippen LogP contribution in [0.5, 0.6) is 0 Å². The normalized spacial score (nSPS) is 13.9. The molecule has 2 N–H and O–H groups in total. The fraction of sp³-hybridized carbons (Fsp3) is 0.333. The van der Waals surface area contributed by atoms with Crippen LogP contribution in [0.15, 0.2) is 41.5 Å². The topological polar surface area (TPSA) is 95.2 Å². The van der Waals surface area contributed by atoms with E-state index in [1.54, 1.807) is 24.3 Å². The lowest BCUT2D eigenvalue weighted by molar-refractivity contribution is -0.127. The molecule has 1 aromatic carbocycles. The predicted molar refractivity (Wildman–Crippen MR) is 93.1 cm³/mol. The minimum absolute atomic E-state index is 0.181. The SMILES string of the molecule is O=C(NCCCN1CCCC1=O)c1cccc(-c2cc(=O)[nH]cn2)c1. The predicted octanol–water partition coefficient (Wildman–Crippen LogP) is 1.18. The van der Waals surface area contributed by atoms with E-state index in [9.17, 15) is 14.4 Å². The average molecular weight is 340 g/mol. The van der Waals surface area contributed by atoms with Crippen LogP contribution >= 0.6 is 0 Å². The van der Waals surface area contributed by atoms with Gasteiger partial charge in [-0.15, -0.1) is 0 Å². The zero-order chi connectivity index (χ0) is 17.6. The third-order valence-corrected chi connectivity index (χ3v) is 4.16. The van der Waals surface area contributed by atoms with Crippen LogP contribution in [0.3, 0.4) is 0 Å². The number of nitrogens with one attached hydrogen (secondary N) is 2. The van der Waals surface area contributed by atoms with Crippen LogP contribution < -0.4 is 10.9 Å². The molecule has 0 bridgehead atoms. The number of H-pyrrole nitrogens is 1. The number of aromatic amines is 1. The van der Waals surface area contributed by atoms with Crippen molar-refractivity contribution in [1.29, 1.82) is 0 Å². The molecule has 130 valence electrons. The van der Waals surface area contributed by atoms with Crippen LogP contribution in [0.4, 0.5) is 0 Å². The largest absolute Gasteiger partial charge is 0.352 e. The Morgan fingerprint density at radius 3 is 2.92 bits per heavy atom. The quantitative estimate of drug-likeness (QED) is 0.772. The van der Waals surface area contributed by atoms with Crippen molar-refractivity contribution in [2.24, 2.45) is 0 Å². The third kappa shape index (κ3) is 4.32. The fourth-order valence-corrected chi connectivity index (χ4v) is 2.86. The van der Waals surface area contributed by atoms with E-state index in [0.29, 0.717) is 36.3 Å². The number of rotatable bonds is 6. The van der Waals surface area contributed by atoms with Gasteiger partial charge in [0.2, 0.25) is 5.91 Å². The maximum Gasteiger partial charge on any atom is 0.251 e. The van der Waals surface area contributed by atoms with Gasteiger partial charge in [0.25, 0.3) is 11.5 Å². The maximum atomic E-state index is 12.3. The molecule has 7 heteroatoms. The molecule has 7 nitrogen and oxygen atoms in total. The molecule has 0 atom stereocenters. The summed E-state index contributed by atoms with van der Waals surface area (Å²) in [4.78, 5) is 43.6. The lowest BCUT2D eigenvalue weighted by Gasteiger charge is -2.15. The van der Waals surface area contributed by atoms with E-state index in [1.807, 2.05) is 4.90 Å². The number of hydrogen-bond acceptors (Lipinski definition) is 4. The van der Waals surface area contributed by atoms with Gasteiger partial charge in [0.1, 0.15) is 0 Å². The van der Waals surface area contributed by atoms with Crippen molar-refractivity contribution in [3.63, 3.8) is 0 Å².